The predicted octanol–water partition coefficient (Wildman–Crippen LogP) is 16.1. The summed E-state index contributed by atoms with van der Waals surface area (Å²) in [5.41, 5.74) is 0. The summed E-state index contributed by atoms with van der Waals surface area (Å²) in [6, 6.07) is 0. The molecule has 0 bridgehead atoms. The maximum atomic E-state index is 12.9. The Bertz CT molecular complexity index is 1560. The summed E-state index contributed by atoms with van der Waals surface area (Å²) >= 11 is 0. The number of carbonyl (C=O) groups is 4. The Morgan fingerprint density at radius 2 is 0.582 bits per heavy atom. The molecular formula is C60H116O17P2. The minimum atomic E-state index is -4.94. The average molecular weight is 1170 g/mol. The van der Waals surface area contributed by atoms with Gasteiger partial charge in [-0.3, -0.25) is 37.3 Å². The molecule has 468 valence electrons. The molecular weight excluding hydrogens is 1050 g/mol. The number of hydrogen-bond acceptors (Lipinski definition) is 15. The van der Waals surface area contributed by atoms with E-state index in [9.17, 15) is 43.2 Å². The number of aliphatic hydroxyl groups is 1. The Kier molecular flexibility index (Phi) is 51.5. The molecule has 17 nitrogen and oxygen atoms in total. The first-order valence-corrected chi connectivity index (χ1v) is 34.5. The van der Waals surface area contributed by atoms with Gasteiger partial charge in [-0.05, 0) is 37.5 Å². The Morgan fingerprint density at radius 3 is 0.861 bits per heavy atom. The van der Waals surface area contributed by atoms with Crippen molar-refractivity contribution >= 4 is 39.5 Å². The molecule has 0 aliphatic rings. The third-order valence-electron chi connectivity index (χ3n) is 13.7. The van der Waals surface area contributed by atoms with Gasteiger partial charge in [0.15, 0.2) is 12.2 Å². The highest BCUT2D eigenvalue weighted by Gasteiger charge is 2.30. The molecule has 0 aromatic carbocycles. The summed E-state index contributed by atoms with van der Waals surface area (Å²) in [5.74, 6) is -0.687. The van der Waals surface area contributed by atoms with Crippen molar-refractivity contribution in [3.05, 3.63) is 0 Å². The van der Waals surface area contributed by atoms with Gasteiger partial charge in [0.05, 0.1) is 26.4 Å². The van der Waals surface area contributed by atoms with Crippen LogP contribution in [0.15, 0.2) is 0 Å². The summed E-state index contributed by atoms with van der Waals surface area (Å²) in [7, 11) is -9.87. The average Bonchev–Trinajstić information content (AvgIpc) is 3.40. The van der Waals surface area contributed by atoms with Crippen LogP contribution >= 0.6 is 15.6 Å². The zero-order valence-corrected chi connectivity index (χ0v) is 52.4. The van der Waals surface area contributed by atoms with Gasteiger partial charge in [-0.15, -0.1) is 0 Å². The smallest absolute Gasteiger partial charge is 0.462 e. The molecule has 0 radical (unpaired) electrons. The number of ether oxygens (including phenoxy) is 4. The van der Waals surface area contributed by atoms with Crippen molar-refractivity contribution in [2.24, 2.45) is 11.8 Å². The van der Waals surface area contributed by atoms with Gasteiger partial charge in [-0.2, -0.15) is 0 Å². The molecule has 0 amide bonds. The first-order chi connectivity index (χ1) is 37.9. The SMILES string of the molecule is CCCCCCCCCCCC(=O)O[C@H](COC(=O)CCCCCCC)COP(=O)(O)OC[C@H](O)COP(=O)(O)OC[C@@H](COC(=O)CCCCCCCCC(C)C)OC(=O)CCCCCCCCCCCCCCCC(C)C. The molecule has 3 N–H and O–H groups in total. The monoisotopic (exact) mass is 1170 g/mol. The Balaban J connectivity index is 5.14. The van der Waals surface area contributed by atoms with Gasteiger partial charge in [0.1, 0.15) is 19.3 Å². The first-order valence-electron chi connectivity index (χ1n) is 31.5. The van der Waals surface area contributed by atoms with E-state index in [0.29, 0.717) is 31.6 Å². The summed E-state index contributed by atoms with van der Waals surface area (Å²) in [5, 5.41) is 10.5. The van der Waals surface area contributed by atoms with E-state index in [2.05, 4.69) is 41.5 Å². The van der Waals surface area contributed by atoms with Crippen molar-refractivity contribution in [1.29, 1.82) is 0 Å². The van der Waals surface area contributed by atoms with E-state index >= 15 is 0 Å². The lowest BCUT2D eigenvalue weighted by Gasteiger charge is -2.21. The maximum absolute atomic E-state index is 12.9. The van der Waals surface area contributed by atoms with Crippen molar-refractivity contribution < 1.29 is 80.2 Å². The summed E-state index contributed by atoms with van der Waals surface area (Å²) < 4.78 is 67.6. The van der Waals surface area contributed by atoms with E-state index in [1.165, 1.54) is 96.3 Å². The predicted molar refractivity (Wildman–Crippen MR) is 312 cm³/mol. The number of esters is 4. The van der Waals surface area contributed by atoms with E-state index in [0.717, 1.165) is 109 Å². The highest BCUT2D eigenvalue weighted by atomic mass is 31.2. The number of phosphoric ester groups is 2. The molecule has 0 heterocycles. The van der Waals surface area contributed by atoms with Crippen LogP contribution in [0.1, 0.15) is 292 Å². The van der Waals surface area contributed by atoms with Crippen molar-refractivity contribution in [2.45, 2.75) is 310 Å². The van der Waals surface area contributed by atoms with Crippen LogP contribution in [0.4, 0.5) is 0 Å². The summed E-state index contributed by atoms with van der Waals surface area (Å²) in [6.07, 6.45) is 34.0. The second-order valence-corrected chi connectivity index (χ2v) is 25.6. The number of carbonyl (C=O) groups excluding carboxylic acids is 4. The fourth-order valence-electron chi connectivity index (χ4n) is 8.82. The number of hydrogen-bond donors (Lipinski definition) is 3. The first kappa shape index (κ1) is 77.1. The maximum Gasteiger partial charge on any atom is 0.472 e. The highest BCUT2D eigenvalue weighted by molar-refractivity contribution is 7.47. The third kappa shape index (κ3) is 55.0. The largest absolute Gasteiger partial charge is 0.472 e. The van der Waals surface area contributed by atoms with Gasteiger partial charge in [-0.25, -0.2) is 9.13 Å². The zero-order chi connectivity index (χ0) is 58.7. The number of unbranched alkanes of at least 4 members (excludes halogenated alkanes) is 29. The Morgan fingerprint density at radius 1 is 0.342 bits per heavy atom. The lowest BCUT2D eigenvalue weighted by Crippen LogP contribution is -2.30. The van der Waals surface area contributed by atoms with Crippen LogP contribution in [0.25, 0.3) is 0 Å². The third-order valence-corrected chi connectivity index (χ3v) is 15.6. The Labute approximate surface area is 479 Å². The van der Waals surface area contributed by atoms with E-state index in [4.69, 9.17) is 37.0 Å². The highest BCUT2D eigenvalue weighted by Crippen LogP contribution is 2.45. The fourth-order valence-corrected chi connectivity index (χ4v) is 10.4. The molecule has 0 saturated heterocycles. The molecule has 0 spiro atoms. The van der Waals surface area contributed by atoms with Gasteiger partial charge in [0, 0.05) is 25.7 Å². The lowest BCUT2D eigenvalue weighted by atomic mass is 10.0. The van der Waals surface area contributed by atoms with E-state index in [-0.39, 0.29) is 25.7 Å². The number of phosphoric acid groups is 2. The van der Waals surface area contributed by atoms with Crippen molar-refractivity contribution in [3.8, 4) is 0 Å². The van der Waals surface area contributed by atoms with Crippen molar-refractivity contribution in [3.63, 3.8) is 0 Å². The topological polar surface area (TPSA) is 237 Å². The van der Waals surface area contributed by atoms with Crippen LogP contribution in [-0.4, -0.2) is 96.7 Å². The van der Waals surface area contributed by atoms with Gasteiger partial charge < -0.3 is 33.8 Å². The van der Waals surface area contributed by atoms with Crippen molar-refractivity contribution in [2.75, 3.05) is 39.6 Å². The zero-order valence-electron chi connectivity index (χ0n) is 50.7. The standard InChI is InChI=1S/C60H116O17P2/c1-7-9-11-13-14-20-24-32-38-44-59(64)76-55(48-70-57(62)42-36-28-12-10-8-2)50-74-78(66,67)72-46-54(61)47-73-79(68,69)75-51-56(49-71-58(63)43-37-31-27-26-30-35-41-53(5)6)77-60(65)45-39-33-25-22-19-17-15-16-18-21-23-29-34-40-52(3)4/h52-56,61H,7-51H2,1-6H3,(H,66,67)(H,68,69)/t54-,55+,56+/m0/s1. The summed E-state index contributed by atoms with van der Waals surface area (Å²) in [4.78, 5) is 71.7. The molecule has 0 fully saturated rings. The molecule has 79 heavy (non-hydrogen) atoms. The fraction of sp³-hybridized carbons (Fsp3) is 0.933. The van der Waals surface area contributed by atoms with Gasteiger partial charge in [0.2, 0.25) is 0 Å². The molecule has 5 atom stereocenters. The molecule has 0 aromatic rings. The summed E-state index contributed by atoms with van der Waals surface area (Å²) in [6.45, 7) is 9.29. The minimum Gasteiger partial charge on any atom is -0.462 e. The molecule has 0 aromatic heterocycles. The normalized spacial score (nSPS) is 14.4. The van der Waals surface area contributed by atoms with Crippen LogP contribution in [-0.2, 0) is 65.4 Å². The molecule has 0 rings (SSSR count). The van der Waals surface area contributed by atoms with Gasteiger partial charge in [0.25, 0.3) is 0 Å². The molecule has 19 heteroatoms. The van der Waals surface area contributed by atoms with Crippen LogP contribution in [0.5, 0.6) is 0 Å². The second-order valence-electron chi connectivity index (χ2n) is 22.7. The minimum absolute atomic E-state index is 0.104. The molecule has 2 unspecified atom stereocenters. The van der Waals surface area contributed by atoms with Gasteiger partial charge in [-0.1, -0.05) is 241 Å². The molecule has 0 aliphatic carbocycles. The van der Waals surface area contributed by atoms with Gasteiger partial charge >= 0.3 is 39.5 Å². The molecule has 0 saturated carbocycles. The lowest BCUT2D eigenvalue weighted by molar-refractivity contribution is -0.161. The van der Waals surface area contributed by atoms with E-state index in [1.807, 2.05) is 0 Å². The number of rotatable bonds is 59. The second kappa shape index (κ2) is 52.8. The Hall–Kier alpha value is -1.94. The van der Waals surface area contributed by atoms with Crippen LogP contribution in [0.3, 0.4) is 0 Å². The number of aliphatic hydroxyl groups excluding tert-OH is 1. The van der Waals surface area contributed by atoms with Crippen molar-refractivity contribution in [1.82, 2.24) is 0 Å². The van der Waals surface area contributed by atoms with Crippen LogP contribution < -0.4 is 0 Å². The van der Waals surface area contributed by atoms with E-state index < -0.39 is 97.5 Å². The van der Waals surface area contributed by atoms with E-state index in [1.54, 1.807) is 0 Å². The van der Waals surface area contributed by atoms with Crippen LogP contribution in [0.2, 0.25) is 0 Å². The quantitative estimate of drug-likeness (QED) is 0.0222. The molecule has 0 aliphatic heterocycles. The van der Waals surface area contributed by atoms with Crippen LogP contribution in [0, 0.1) is 11.8 Å².